The van der Waals surface area contributed by atoms with Crippen molar-refractivity contribution in [2.24, 2.45) is 0 Å². The van der Waals surface area contributed by atoms with Gasteiger partial charge in [0, 0.05) is 25.3 Å². The average molecular weight is 399 g/mol. The predicted octanol–water partition coefficient (Wildman–Crippen LogP) is 1.11. The molecule has 0 unspecified atom stereocenters. The third-order valence-corrected chi connectivity index (χ3v) is 6.15. The molecule has 1 aromatic rings. The molecule has 1 rings (SSSR count). The van der Waals surface area contributed by atoms with Crippen molar-refractivity contribution in [1.29, 1.82) is 0 Å². The van der Waals surface area contributed by atoms with Crippen molar-refractivity contribution in [1.82, 2.24) is 14.5 Å². The van der Waals surface area contributed by atoms with Crippen LogP contribution in [-0.2, 0) is 19.6 Å². The number of benzene rings is 1. The summed E-state index contributed by atoms with van der Waals surface area (Å²) in [5, 5.41) is 5.42. The molecule has 0 saturated carbocycles. The van der Waals surface area contributed by atoms with E-state index in [1.807, 2.05) is 13.8 Å². The molecule has 0 spiro atoms. The monoisotopic (exact) mass is 398 g/mol. The van der Waals surface area contributed by atoms with E-state index in [1.165, 1.54) is 23.5 Å². The van der Waals surface area contributed by atoms with Gasteiger partial charge in [0.05, 0.1) is 18.0 Å². The Balaban J connectivity index is 2.72. The third kappa shape index (κ3) is 6.93. The van der Waals surface area contributed by atoms with Crippen molar-refractivity contribution in [3.8, 4) is 0 Å². The predicted molar refractivity (Wildman–Crippen MR) is 106 cm³/mol. The van der Waals surface area contributed by atoms with E-state index in [1.54, 1.807) is 30.9 Å². The number of anilines is 1. The normalized spacial score (nSPS) is 11.9. The summed E-state index contributed by atoms with van der Waals surface area (Å²) in [6.45, 7) is 8.63. The molecule has 0 aromatic heterocycles. The van der Waals surface area contributed by atoms with E-state index in [9.17, 15) is 18.0 Å². The number of hydrogen-bond acceptors (Lipinski definition) is 5. The molecule has 8 nitrogen and oxygen atoms in total. The van der Waals surface area contributed by atoms with Crippen LogP contribution in [0, 0.1) is 0 Å². The summed E-state index contributed by atoms with van der Waals surface area (Å²) in [5.74, 6) is -0.396. The third-order valence-electron chi connectivity index (χ3n) is 4.10. The van der Waals surface area contributed by atoms with Crippen LogP contribution in [0.5, 0.6) is 0 Å². The van der Waals surface area contributed by atoms with E-state index < -0.39 is 10.0 Å². The number of sulfonamides is 1. The highest BCUT2D eigenvalue weighted by Gasteiger charge is 2.23. The SMILES string of the molecule is CCNC(=O)CN(CC)CC(=O)Nc1ccc(S(=O)(=O)N(C)C(C)C)cc1. The number of rotatable bonds is 10. The maximum atomic E-state index is 12.4. The zero-order chi connectivity index (χ0) is 20.6. The fraction of sp³-hybridized carbons (Fsp3) is 0.556. The number of amides is 2. The standard InChI is InChI=1S/C18H30N4O4S/c1-6-19-17(23)12-22(7-2)13-18(24)20-15-8-10-16(11-9-15)27(25,26)21(5)14(3)4/h8-11,14H,6-7,12-13H2,1-5H3,(H,19,23)(H,20,24). The molecule has 0 aliphatic carbocycles. The van der Waals surface area contributed by atoms with Crippen molar-refractivity contribution >= 4 is 27.5 Å². The highest BCUT2D eigenvalue weighted by atomic mass is 32.2. The van der Waals surface area contributed by atoms with Crippen LogP contribution in [-0.4, -0.2) is 68.7 Å². The van der Waals surface area contributed by atoms with Gasteiger partial charge < -0.3 is 10.6 Å². The highest BCUT2D eigenvalue weighted by Crippen LogP contribution is 2.19. The lowest BCUT2D eigenvalue weighted by molar-refractivity contribution is -0.123. The van der Waals surface area contributed by atoms with Crippen molar-refractivity contribution in [2.45, 2.75) is 38.6 Å². The number of carbonyl (C=O) groups is 2. The van der Waals surface area contributed by atoms with E-state index in [0.29, 0.717) is 18.8 Å². The first-order valence-electron chi connectivity index (χ1n) is 8.98. The zero-order valence-corrected chi connectivity index (χ0v) is 17.5. The van der Waals surface area contributed by atoms with E-state index in [0.717, 1.165) is 0 Å². The molecule has 0 aliphatic heterocycles. The molecule has 0 saturated heterocycles. The summed E-state index contributed by atoms with van der Waals surface area (Å²) in [6.07, 6.45) is 0. The fourth-order valence-electron chi connectivity index (χ4n) is 2.29. The smallest absolute Gasteiger partial charge is 0.243 e. The van der Waals surface area contributed by atoms with Gasteiger partial charge in [-0.25, -0.2) is 8.42 Å². The van der Waals surface area contributed by atoms with Crippen molar-refractivity contribution in [3.05, 3.63) is 24.3 Å². The lowest BCUT2D eigenvalue weighted by Crippen LogP contribution is -2.41. The Bertz CT molecular complexity index is 732. The zero-order valence-electron chi connectivity index (χ0n) is 16.7. The second-order valence-electron chi connectivity index (χ2n) is 6.44. The Morgan fingerprint density at radius 3 is 2.07 bits per heavy atom. The minimum atomic E-state index is -3.56. The summed E-state index contributed by atoms with van der Waals surface area (Å²) < 4.78 is 26.2. The van der Waals surface area contributed by atoms with Gasteiger partial charge in [-0.1, -0.05) is 6.92 Å². The van der Waals surface area contributed by atoms with Crippen LogP contribution in [0.1, 0.15) is 27.7 Å². The molecule has 1 aromatic carbocycles. The first kappa shape index (κ1) is 23.1. The Kier molecular flexibility index (Phi) is 8.87. The topological polar surface area (TPSA) is 98.8 Å². The van der Waals surface area contributed by atoms with E-state index in [2.05, 4.69) is 10.6 Å². The van der Waals surface area contributed by atoms with Crippen LogP contribution in [0.2, 0.25) is 0 Å². The van der Waals surface area contributed by atoms with E-state index >= 15 is 0 Å². The molecule has 0 fully saturated rings. The summed E-state index contributed by atoms with van der Waals surface area (Å²) in [4.78, 5) is 25.7. The van der Waals surface area contributed by atoms with Crippen LogP contribution in [0.25, 0.3) is 0 Å². The molecule has 2 N–H and O–H groups in total. The van der Waals surface area contributed by atoms with Crippen molar-refractivity contribution in [2.75, 3.05) is 38.5 Å². The Morgan fingerprint density at radius 2 is 1.59 bits per heavy atom. The minimum Gasteiger partial charge on any atom is -0.355 e. The average Bonchev–Trinajstić information content (AvgIpc) is 2.60. The molecule has 2 amide bonds. The van der Waals surface area contributed by atoms with Gasteiger partial charge in [0.25, 0.3) is 0 Å². The number of carbonyl (C=O) groups excluding carboxylic acids is 2. The van der Waals surface area contributed by atoms with Gasteiger partial charge in [-0.15, -0.1) is 0 Å². The van der Waals surface area contributed by atoms with Crippen LogP contribution < -0.4 is 10.6 Å². The largest absolute Gasteiger partial charge is 0.355 e. The van der Waals surface area contributed by atoms with Gasteiger partial charge in [-0.05, 0) is 51.6 Å². The summed E-state index contributed by atoms with van der Waals surface area (Å²) in [6, 6.07) is 5.89. The molecular weight excluding hydrogens is 368 g/mol. The van der Waals surface area contributed by atoms with Crippen molar-refractivity contribution in [3.63, 3.8) is 0 Å². The number of hydrogen-bond donors (Lipinski definition) is 2. The molecule has 9 heteroatoms. The molecule has 0 heterocycles. The van der Waals surface area contributed by atoms with Crippen LogP contribution in [0.15, 0.2) is 29.2 Å². The summed E-state index contributed by atoms with van der Waals surface area (Å²) in [5.41, 5.74) is 0.500. The molecule has 0 aliphatic rings. The number of likely N-dealkylation sites (N-methyl/N-ethyl adjacent to an activating group) is 2. The number of nitrogens with zero attached hydrogens (tertiary/aromatic N) is 2. The molecule has 27 heavy (non-hydrogen) atoms. The number of nitrogens with one attached hydrogen (secondary N) is 2. The fourth-order valence-corrected chi connectivity index (χ4v) is 3.66. The first-order valence-corrected chi connectivity index (χ1v) is 10.4. The molecule has 0 atom stereocenters. The second-order valence-corrected chi connectivity index (χ2v) is 8.44. The van der Waals surface area contributed by atoms with Gasteiger partial charge in [0.1, 0.15) is 0 Å². The van der Waals surface area contributed by atoms with E-state index in [-0.39, 0.29) is 35.8 Å². The maximum Gasteiger partial charge on any atom is 0.243 e. The highest BCUT2D eigenvalue weighted by molar-refractivity contribution is 7.89. The molecule has 0 bridgehead atoms. The van der Waals surface area contributed by atoms with E-state index in [4.69, 9.17) is 0 Å². The summed E-state index contributed by atoms with van der Waals surface area (Å²) in [7, 11) is -2.03. The lowest BCUT2D eigenvalue weighted by Gasteiger charge is -2.21. The first-order chi connectivity index (χ1) is 12.6. The molecule has 152 valence electrons. The minimum absolute atomic E-state index is 0.0732. The Hall–Kier alpha value is -1.97. The Morgan fingerprint density at radius 1 is 1.04 bits per heavy atom. The van der Waals surface area contributed by atoms with Gasteiger partial charge in [0.15, 0.2) is 0 Å². The Labute approximate surface area is 162 Å². The van der Waals surface area contributed by atoms with Crippen molar-refractivity contribution < 1.29 is 18.0 Å². The summed E-state index contributed by atoms with van der Waals surface area (Å²) >= 11 is 0. The quantitative estimate of drug-likeness (QED) is 0.615. The van der Waals surface area contributed by atoms with Gasteiger partial charge in [-0.3, -0.25) is 14.5 Å². The van der Waals surface area contributed by atoms with Gasteiger partial charge in [-0.2, -0.15) is 4.31 Å². The van der Waals surface area contributed by atoms with Crippen LogP contribution >= 0.6 is 0 Å². The lowest BCUT2D eigenvalue weighted by atomic mass is 10.3. The van der Waals surface area contributed by atoms with Crippen LogP contribution in [0.4, 0.5) is 5.69 Å². The maximum absolute atomic E-state index is 12.4. The molecular formula is C18H30N4O4S. The van der Waals surface area contributed by atoms with Gasteiger partial charge in [0.2, 0.25) is 21.8 Å². The molecule has 0 radical (unpaired) electrons. The van der Waals surface area contributed by atoms with Crippen LogP contribution in [0.3, 0.4) is 0 Å². The second kappa shape index (κ2) is 10.4. The van der Waals surface area contributed by atoms with Gasteiger partial charge >= 0.3 is 0 Å².